The van der Waals surface area contributed by atoms with Gasteiger partial charge in [-0.25, -0.2) is 0 Å². The summed E-state index contributed by atoms with van der Waals surface area (Å²) in [7, 11) is 1.68. The summed E-state index contributed by atoms with van der Waals surface area (Å²) in [5.41, 5.74) is 0.919. The first-order valence-corrected chi connectivity index (χ1v) is 6.82. The van der Waals surface area contributed by atoms with Crippen molar-refractivity contribution in [2.24, 2.45) is 0 Å². The van der Waals surface area contributed by atoms with Crippen LogP contribution >= 0.6 is 35.6 Å². The molecule has 0 radical (unpaired) electrons. The molecular formula is C13H10ClNOS2. The quantitative estimate of drug-likeness (QED) is 0.612. The summed E-state index contributed by atoms with van der Waals surface area (Å²) >= 11 is 12.4. The van der Waals surface area contributed by atoms with E-state index in [1.807, 2.05) is 36.4 Å². The second-order valence-corrected chi connectivity index (χ2v) is 5.73. The minimum Gasteiger partial charge on any atom is -0.296 e. The Labute approximate surface area is 120 Å². The highest BCUT2D eigenvalue weighted by atomic mass is 35.5. The van der Waals surface area contributed by atoms with Crippen molar-refractivity contribution < 1.29 is 4.79 Å². The maximum absolute atomic E-state index is 11.7. The van der Waals surface area contributed by atoms with E-state index in [1.54, 1.807) is 13.1 Å². The van der Waals surface area contributed by atoms with Crippen LogP contribution in [0.5, 0.6) is 0 Å². The van der Waals surface area contributed by atoms with Gasteiger partial charge in [0.2, 0.25) is 0 Å². The van der Waals surface area contributed by atoms with Crippen molar-refractivity contribution in [3.8, 4) is 0 Å². The van der Waals surface area contributed by atoms with E-state index < -0.39 is 0 Å². The maximum atomic E-state index is 11.7. The van der Waals surface area contributed by atoms with Gasteiger partial charge in [-0.15, -0.1) is 0 Å². The van der Waals surface area contributed by atoms with Gasteiger partial charge < -0.3 is 0 Å². The van der Waals surface area contributed by atoms with Crippen LogP contribution in [-0.2, 0) is 4.79 Å². The zero-order chi connectivity index (χ0) is 13.1. The van der Waals surface area contributed by atoms with E-state index in [-0.39, 0.29) is 5.91 Å². The number of hydrogen-bond donors (Lipinski definition) is 0. The largest absolute Gasteiger partial charge is 0.296 e. The standard InChI is InChI=1S/C13H10ClNOS2/c1-15-12(16)11(18-13(15)17)8-4-6-9-5-2-3-7-10(9)14/h2-8H,1H3/b6-4+,11-8+. The lowest BCUT2D eigenvalue weighted by molar-refractivity contribution is -0.121. The predicted molar refractivity (Wildman–Crippen MR) is 81.5 cm³/mol. The number of likely N-dealkylation sites (N-methyl/N-ethyl adjacent to an activating group) is 1. The third-order valence-corrected chi connectivity index (χ3v) is 4.26. The number of halogens is 1. The number of hydrogen-bond acceptors (Lipinski definition) is 3. The number of carbonyl (C=O) groups excluding carboxylic acids is 1. The summed E-state index contributed by atoms with van der Waals surface area (Å²) in [6.45, 7) is 0. The number of carbonyl (C=O) groups is 1. The topological polar surface area (TPSA) is 20.3 Å². The van der Waals surface area contributed by atoms with Gasteiger partial charge >= 0.3 is 0 Å². The Morgan fingerprint density at radius 3 is 2.72 bits per heavy atom. The number of amides is 1. The van der Waals surface area contributed by atoms with Crippen LogP contribution < -0.4 is 0 Å². The van der Waals surface area contributed by atoms with Gasteiger partial charge in [-0.05, 0) is 17.7 Å². The molecule has 0 atom stereocenters. The summed E-state index contributed by atoms with van der Waals surface area (Å²) < 4.78 is 0.581. The molecule has 5 heteroatoms. The SMILES string of the molecule is CN1C(=O)/C(=C\C=C\c2ccccc2Cl)SC1=S. The number of benzene rings is 1. The number of thiocarbonyl (C=S) groups is 1. The lowest BCUT2D eigenvalue weighted by Gasteiger charge is -2.03. The molecule has 1 saturated heterocycles. The van der Waals surface area contributed by atoms with Crippen molar-refractivity contribution in [2.45, 2.75) is 0 Å². The van der Waals surface area contributed by atoms with Crippen molar-refractivity contribution in [3.63, 3.8) is 0 Å². The van der Waals surface area contributed by atoms with Crippen LogP contribution in [0.25, 0.3) is 6.08 Å². The molecule has 2 rings (SSSR count). The lowest BCUT2D eigenvalue weighted by Crippen LogP contribution is -2.22. The molecule has 1 aromatic carbocycles. The van der Waals surface area contributed by atoms with Crippen molar-refractivity contribution in [1.82, 2.24) is 4.90 Å². The Kier molecular flexibility index (Phi) is 4.22. The van der Waals surface area contributed by atoms with Crippen LogP contribution in [0.15, 0.2) is 41.3 Å². The van der Waals surface area contributed by atoms with Crippen molar-refractivity contribution in [2.75, 3.05) is 7.05 Å². The van der Waals surface area contributed by atoms with E-state index in [0.717, 1.165) is 5.56 Å². The fraction of sp³-hybridized carbons (Fsp3) is 0.0769. The third-order valence-electron chi connectivity index (χ3n) is 2.42. The van der Waals surface area contributed by atoms with E-state index in [0.29, 0.717) is 14.2 Å². The monoisotopic (exact) mass is 295 g/mol. The molecule has 1 fully saturated rings. The second kappa shape index (κ2) is 5.69. The van der Waals surface area contributed by atoms with Gasteiger partial charge in [0, 0.05) is 12.1 Å². The van der Waals surface area contributed by atoms with Gasteiger partial charge in [-0.3, -0.25) is 9.69 Å². The Hall–Kier alpha value is -1.10. The Morgan fingerprint density at radius 2 is 2.11 bits per heavy atom. The molecule has 0 bridgehead atoms. The predicted octanol–water partition coefficient (Wildman–Crippen LogP) is 3.73. The maximum Gasteiger partial charge on any atom is 0.265 e. The molecule has 1 aromatic rings. The fourth-order valence-corrected chi connectivity index (χ4v) is 2.74. The van der Waals surface area contributed by atoms with Gasteiger partial charge in [-0.2, -0.15) is 0 Å². The second-order valence-electron chi connectivity index (χ2n) is 3.64. The Bertz CT molecular complexity index is 566. The molecule has 1 aliphatic heterocycles. The Morgan fingerprint density at radius 1 is 1.39 bits per heavy atom. The molecule has 0 aromatic heterocycles. The molecule has 1 amide bonds. The van der Waals surface area contributed by atoms with Gasteiger partial charge in [0.25, 0.3) is 5.91 Å². The lowest BCUT2D eigenvalue weighted by atomic mass is 10.2. The summed E-state index contributed by atoms with van der Waals surface area (Å²) in [5, 5.41) is 0.685. The summed E-state index contributed by atoms with van der Waals surface area (Å²) in [6.07, 6.45) is 5.43. The van der Waals surface area contributed by atoms with Gasteiger partial charge in [-0.1, -0.05) is 65.9 Å². The van der Waals surface area contributed by atoms with Gasteiger partial charge in [0.1, 0.15) is 4.32 Å². The minimum absolute atomic E-state index is 0.0613. The highest BCUT2D eigenvalue weighted by molar-refractivity contribution is 8.26. The van der Waals surface area contributed by atoms with Crippen LogP contribution in [0.2, 0.25) is 5.02 Å². The summed E-state index contributed by atoms with van der Waals surface area (Å²) in [5.74, 6) is -0.0613. The molecule has 0 unspecified atom stereocenters. The molecule has 0 spiro atoms. The van der Waals surface area contributed by atoms with Crippen LogP contribution in [0.1, 0.15) is 5.56 Å². The summed E-state index contributed by atoms with van der Waals surface area (Å²) in [4.78, 5) is 13.8. The molecule has 0 N–H and O–H groups in total. The molecule has 1 heterocycles. The first-order valence-electron chi connectivity index (χ1n) is 5.22. The minimum atomic E-state index is -0.0613. The van der Waals surface area contributed by atoms with Crippen molar-refractivity contribution >= 4 is 51.9 Å². The smallest absolute Gasteiger partial charge is 0.265 e. The zero-order valence-corrected chi connectivity index (χ0v) is 12.0. The fourth-order valence-electron chi connectivity index (χ4n) is 1.41. The molecular weight excluding hydrogens is 286 g/mol. The van der Waals surface area contributed by atoms with E-state index in [4.69, 9.17) is 23.8 Å². The van der Waals surface area contributed by atoms with E-state index in [2.05, 4.69) is 0 Å². The molecule has 92 valence electrons. The highest BCUT2D eigenvalue weighted by Crippen LogP contribution is 2.29. The van der Waals surface area contributed by atoms with E-state index in [1.165, 1.54) is 16.7 Å². The Balaban J connectivity index is 2.15. The van der Waals surface area contributed by atoms with Crippen LogP contribution in [0.4, 0.5) is 0 Å². The number of nitrogens with zero attached hydrogens (tertiary/aromatic N) is 1. The zero-order valence-electron chi connectivity index (χ0n) is 9.59. The first kappa shape index (κ1) is 13.3. The first-order chi connectivity index (χ1) is 8.59. The average Bonchev–Trinajstić information content (AvgIpc) is 2.60. The number of allylic oxidation sites excluding steroid dienone is 2. The molecule has 0 aliphatic carbocycles. The number of thioether (sulfide) groups is 1. The van der Waals surface area contributed by atoms with Gasteiger partial charge in [0.15, 0.2) is 0 Å². The van der Waals surface area contributed by atoms with Crippen LogP contribution in [0.3, 0.4) is 0 Å². The normalized spacial score (nSPS) is 18.3. The molecule has 1 aliphatic rings. The van der Waals surface area contributed by atoms with Crippen molar-refractivity contribution in [1.29, 1.82) is 0 Å². The third kappa shape index (κ3) is 2.83. The number of rotatable bonds is 2. The highest BCUT2D eigenvalue weighted by Gasteiger charge is 2.27. The van der Waals surface area contributed by atoms with E-state index >= 15 is 0 Å². The van der Waals surface area contributed by atoms with E-state index in [9.17, 15) is 4.79 Å². The van der Waals surface area contributed by atoms with Crippen LogP contribution in [0, 0.1) is 0 Å². The molecule has 0 saturated carbocycles. The van der Waals surface area contributed by atoms with Crippen LogP contribution in [-0.4, -0.2) is 22.2 Å². The van der Waals surface area contributed by atoms with Crippen molar-refractivity contribution in [3.05, 3.63) is 51.9 Å². The summed E-state index contributed by atoms with van der Waals surface area (Å²) in [6, 6.07) is 7.53. The molecule has 18 heavy (non-hydrogen) atoms. The molecule has 2 nitrogen and oxygen atoms in total. The van der Waals surface area contributed by atoms with Gasteiger partial charge in [0.05, 0.1) is 4.91 Å². The average molecular weight is 296 g/mol.